The van der Waals surface area contributed by atoms with Crippen LogP contribution >= 0.6 is 0 Å². The van der Waals surface area contributed by atoms with Crippen LogP contribution in [0.2, 0.25) is 0 Å². The second-order valence-corrected chi connectivity index (χ2v) is 7.57. The van der Waals surface area contributed by atoms with Crippen molar-refractivity contribution in [3.8, 4) is 0 Å². The maximum atomic E-state index is 13.0. The van der Waals surface area contributed by atoms with Gasteiger partial charge in [0, 0.05) is 35.2 Å². The number of aromatic amines is 1. The van der Waals surface area contributed by atoms with Crippen LogP contribution in [0.15, 0.2) is 54.7 Å². The topological polar surface area (TPSA) is 100 Å². The highest BCUT2D eigenvalue weighted by atomic mass is 19.1. The first-order valence-electron chi connectivity index (χ1n) is 10.1. The van der Waals surface area contributed by atoms with E-state index in [2.05, 4.69) is 15.6 Å². The minimum absolute atomic E-state index is 0.265. The van der Waals surface area contributed by atoms with E-state index in [1.165, 1.54) is 24.3 Å². The molecule has 3 N–H and O–H groups in total. The lowest BCUT2D eigenvalue weighted by Crippen LogP contribution is -2.43. The average molecular weight is 423 g/mol. The van der Waals surface area contributed by atoms with Gasteiger partial charge in [0.15, 0.2) is 0 Å². The molecule has 7 nitrogen and oxygen atoms in total. The predicted molar refractivity (Wildman–Crippen MR) is 113 cm³/mol. The molecule has 0 aliphatic heterocycles. The molecule has 1 heterocycles. The van der Waals surface area contributed by atoms with Crippen molar-refractivity contribution in [3.05, 3.63) is 66.1 Å². The fraction of sp³-hybridized carbons (Fsp3) is 0.261. The number of hydrogen-bond donors (Lipinski definition) is 3. The molecule has 0 saturated heterocycles. The molecule has 160 valence electrons. The molecule has 1 aliphatic carbocycles. The molecule has 2 amide bonds. The standard InChI is InChI=1S/C23H22FN3O4/c24-14-8-10-15(11-9-14)27-23(30)31-17-5-3-4-16(12-17)26-22(29)21(28)19-13-25-20-7-2-1-6-18(19)20/h1-2,6-11,13,16-17,25H,3-5,12H2,(H,26,29)(H,27,30)/t16-,17-/m0/s1. The number of anilines is 1. The first-order valence-corrected chi connectivity index (χ1v) is 10.1. The summed E-state index contributed by atoms with van der Waals surface area (Å²) in [5.41, 5.74) is 1.55. The number of Topliss-reactive ketones (excluding diaryl/α,β-unsaturated/α-hetero) is 1. The number of benzene rings is 2. The van der Waals surface area contributed by atoms with Crippen LogP contribution in [0.25, 0.3) is 10.9 Å². The van der Waals surface area contributed by atoms with Crippen LogP contribution in [-0.2, 0) is 9.53 Å². The van der Waals surface area contributed by atoms with Gasteiger partial charge < -0.3 is 15.0 Å². The normalized spacial score (nSPS) is 18.4. The fourth-order valence-electron chi connectivity index (χ4n) is 3.85. The first-order chi connectivity index (χ1) is 15.0. The van der Waals surface area contributed by atoms with E-state index in [1.807, 2.05) is 18.2 Å². The number of rotatable bonds is 5. The Bertz CT molecular complexity index is 1110. The maximum absolute atomic E-state index is 13.0. The number of nitrogens with one attached hydrogen (secondary N) is 3. The zero-order valence-electron chi connectivity index (χ0n) is 16.7. The van der Waals surface area contributed by atoms with Crippen LogP contribution in [0, 0.1) is 5.82 Å². The molecule has 1 aromatic heterocycles. The molecular weight excluding hydrogens is 401 g/mol. The Morgan fingerprint density at radius 1 is 1.03 bits per heavy atom. The quantitative estimate of drug-likeness (QED) is 0.424. The Morgan fingerprint density at radius 2 is 1.81 bits per heavy atom. The van der Waals surface area contributed by atoms with Gasteiger partial charge in [-0.25, -0.2) is 9.18 Å². The number of halogens is 1. The van der Waals surface area contributed by atoms with Crippen molar-refractivity contribution in [2.24, 2.45) is 0 Å². The monoisotopic (exact) mass is 423 g/mol. The zero-order valence-corrected chi connectivity index (χ0v) is 16.7. The number of fused-ring (bicyclic) bond motifs is 1. The minimum Gasteiger partial charge on any atom is -0.446 e. The third-order valence-electron chi connectivity index (χ3n) is 5.37. The minimum atomic E-state index is -0.675. The van der Waals surface area contributed by atoms with Gasteiger partial charge in [-0.05, 0) is 49.6 Å². The van der Waals surface area contributed by atoms with Gasteiger partial charge in [0.1, 0.15) is 11.9 Å². The summed E-state index contributed by atoms with van der Waals surface area (Å²) in [5.74, 6) is -1.67. The number of carbonyl (C=O) groups excluding carboxylic acids is 3. The number of para-hydroxylation sites is 1. The van der Waals surface area contributed by atoms with Gasteiger partial charge in [0.05, 0.1) is 5.56 Å². The van der Waals surface area contributed by atoms with E-state index in [9.17, 15) is 18.8 Å². The molecule has 1 saturated carbocycles. The number of ether oxygens (including phenoxy) is 1. The van der Waals surface area contributed by atoms with Gasteiger partial charge >= 0.3 is 6.09 Å². The van der Waals surface area contributed by atoms with E-state index in [4.69, 9.17) is 4.74 Å². The van der Waals surface area contributed by atoms with Crippen molar-refractivity contribution in [2.75, 3.05) is 5.32 Å². The van der Waals surface area contributed by atoms with Crippen molar-refractivity contribution >= 4 is 34.4 Å². The lowest BCUT2D eigenvalue weighted by atomic mass is 9.92. The maximum Gasteiger partial charge on any atom is 0.411 e. The van der Waals surface area contributed by atoms with Crippen molar-refractivity contribution in [2.45, 2.75) is 37.8 Å². The Labute approximate surface area is 178 Å². The number of ketones is 1. The Hall–Kier alpha value is -3.68. The summed E-state index contributed by atoms with van der Waals surface area (Å²) in [5, 5.41) is 6.03. The number of hydrogen-bond acceptors (Lipinski definition) is 4. The summed E-state index contributed by atoms with van der Waals surface area (Å²) in [4.78, 5) is 40.3. The lowest BCUT2D eigenvalue weighted by Gasteiger charge is -2.29. The molecule has 0 bridgehead atoms. The molecule has 0 spiro atoms. The summed E-state index contributed by atoms with van der Waals surface area (Å²) in [6, 6.07) is 12.4. The van der Waals surface area contributed by atoms with Gasteiger partial charge in [-0.15, -0.1) is 0 Å². The highest BCUT2D eigenvalue weighted by Crippen LogP contribution is 2.23. The average Bonchev–Trinajstić information content (AvgIpc) is 3.19. The van der Waals surface area contributed by atoms with Gasteiger partial charge in [-0.1, -0.05) is 18.2 Å². The summed E-state index contributed by atoms with van der Waals surface area (Å²) in [6.45, 7) is 0. The predicted octanol–water partition coefficient (Wildman–Crippen LogP) is 4.17. The molecule has 1 fully saturated rings. The van der Waals surface area contributed by atoms with Crippen LogP contribution in [0.4, 0.5) is 14.9 Å². The Balaban J connectivity index is 1.32. The molecular formula is C23H22FN3O4. The molecule has 1 aliphatic rings. The Kier molecular flexibility index (Phi) is 5.97. The highest BCUT2D eigenvalue weighted by molar-refractivity contribution is 6.45. The van der Waals surface area contributed by atoms with Crippen LogP contribution in [0.1, 0.15) is 36.0 Å². The van der Waals surface area contributed by atoms with Gasteiger partial charge in [-0.3, -0.25) is 14.9 Å². The second-order valence-electron chi connectivity index (χ2n) is 7.57. The molecule has 3 aromatic rings. The smallest absolute Gasteiger partial charge is 0.411 e. The van der Waals surface area contributed by atoms with Gasteiger partial charge in [-0.2, -0.15) is 0 Å². The van der Waals surface area contributed by atoms with E-state index >= 15 is 0 Å². The van der Waals surface area contributed by atoms with E-state index < -0.39 is 23.6 Å². The largest absolute Gasteiger partial charge is 0.446 e. The third-order valence-corrected chi connectivity index (χ3v) is 5.37. The molecule has 2 aromatic carbocycles. The van der Waals surface area contributed by atoms with E-state index in [0.717, 1.165) is 11.9 Å². The molecule has 0 unspecified atom stereocenters. The number of carbonyl (C=O) groups is 3. The Morgan fingerprint density at radius 3 is 2.61 bits per heavy atom. The van der Waals surface area contributed by atoms with Crippen molar-refractivity contribution < 1.29 is 23.5 Å². The summed E-state index contributed by atoms with van der Waals surface area (Å²) < 4.78 is 18.4. The van der Waals surface area contributed by atoms with Crippen LogP contribution in [0.3, 0.4) is 0 Å². The number of aromatic nitrogens is 1. The summed E-state index contributed by atoms with van der Waals surface area (Å²) >= 11 is 0. The number of H-pyrrole nitrogens is 1. The molecule has 8 heteroatoms. The molecule has 4 rings (SSSR count). The highest BCUT2D eigenvalue weighted by Gasteiger charge is 2.28. The summed E-state index contributed by atoms with van der Waals surface area (Å²) in [7, 11) is 0. The number of amides is 2. The van der Waals surface area contributed by atoms with Gasteiger partial charge in [0.2, 0.25) is 0 Å². The van der Waals surface area contributed by atoms with Crippen molar-refractivity contribution in [1.29, 1.82) is 0 Å². The first kappa shape index (κ1) is 20.6. The molecule has 31 heavy (non-hydrogen) atoms. The third kappa shape index (κ3) is 4.91. The van der Waals surface area contributed by atoms with Crippen LogP contribution in [0.5, 0.6) is 0 Å². The second kappa shape index (κ2) is 8.99. The van der Waals surface area contributed by atoms with E-state index in [0.29, 0.717) is 35.9 Å². The zero-order chi connectivity index (χ0) is 21.8. The molecule has 2 atom stereocenters. The summed E-state index contributed by atoms with van der Waals surface area (Å²) in [6.07, 6.45) is 3.05. The van der Waals surface area contributed by atoms with Crippen molar-refractivity contribution in [1.82, 2.24) is 10.3 Å². The van der Waals surface area contributed by atoms with Gasteiger partial charge in [0.25, 0.3) is 11.7 Å². The lowest BCUT2D eigenvalue weighted by molar-refractivity contribution is -0.118. The van der Waals surface area contributed by atoms with Crippen molar-refractivity contribution in [3.63, 3.8) is 0 Å². The van der Waals surface area contributed by atoms with E-state index in [-0.39, 0.29) is 12.1 Å². The van der Waals surface area contributed by atoms with Crippen LogP contribution < -0.4 is 10.6 Å². The SMILES string of the molecule is O=C(Nc1ccc(F)cc1)O[C@H]1CCC[C@H](NC(=O)C(=O)c2c[nH]c3ccccc23)C1. The molecule has 0 radical (unpaired) electrons. The van der Waals surface area contributed by atoms with Crippen LogP contribution in [-0.4, -0.2) is 34.9 Å². The van der Waals surface area contributed by atoms with E-state index in [1.54, 1.807) is 12.3 Å². The fourth-order valence-corrected chi connectivity index (χ4v) is 3.85.